The van der Waals surface area contributed by atoms with Gasteiger partial charge < -0.3 is 14.8 Å². The van der Waals surface area contributed by atoms with Gasteiger partial charge in [-0.1, -0.05) is 78.4 Å². The Labute approximate surface area is 200 Å². The number of para-hydroxylation sites is 1. The second-order valence-corrected chi connectivity index (χ2v) is 9.31. The van der Waals surface area contributed by atoms with Gasteiger partial charge >= 0.3 is 0 Å². The van der Waals surface area contributed by atoms with Crippen LogP contribution in [0.4, 0.5) is 0 Å². The van der Waals surface area contributed by atoms with Crippen LogP contribution in [0.2, 0.25) is 0 Å². The summed E-state index contributed by atoms with van der Waals surface area (Å²) in [5, 5.41) is 4.10. The van der Waals surface area contributed by atoms with E-state index in [0.717, 1.165) is 22.0 Å². The van der Waals surface area contributed by atoms with Crippen LogP contribution < -0.4 is 5.32 Å². The minimum atomic E-state index is -1.01. The van der Waals surface area contributed by atoms with E-state index >= 15 is 0 Å². The normalized spacial score (nSPS) is 17.6. The molecule has 0 fully saturated rings. The number of rotatable bonds is 6. The summed E-state index contributed by atoms with van der Waals surface area (Å²) >= 11 is 0. The van der Waals surface area contributed by atoms with Crippen LogP contribution >= 0.6 is 0 Å². The zero-order valence-electron chi connectivity index (χ0n) is 19.6. The van der Waals surface area contributed by atoms with Gasteiger partial charge in [0.25, 0.3) is 5.91 Å². The number of fused-ring (bicyclic) bond motifs is 3. The summed E-state index contributed by atoms with van der Waals surface area (Å²) in [6.45, 7) is 5.26. The van der Waals surface area contributed by atoms with Crippen molar-refractivity contribution in [3.63, 3.8) is 0 Å². The molecule has 0 bridgehead atoms. The first-order valence-electron chi connectivity index (χ1n) is 11.7. The molecule has 2 amide bonds. The number of benzene rings is 3. The molecule has 1 aliphatic heterocycles. The topological polar surface area (TPSA) is 54.3 Å². The van der Waals surface area contributed by atoms with Crippen LogP contribution in [0.1, 0.15) is 34.1 Å². The fraction of sp³-hybridized carbons (Fsp3) is 0.241. The quantitative estimate of drug-likeness (QED) is 0.461. The van der Waals surface area contributed by atoms with Crippen molar-refractivity contribution in [2.75, 3.05) is 6.54 Å². The van der Waals surface area contributed by atoms with E-state index in [2.05, 4.69) is 36.5 Å². The lowest BCUT2D eigenvalue weighted by Gasteiger charge is -2.44. The molecule has 1 N–H and O–H groups in total. The molecule has 34 heavy (non-hydrogen) atoms. The van der Waals surface area contributed by atoms with Crippen LogP contribution in [0.3, 0.4) is 0 Å². The molecule has 0 aliphatic carbocycles. The first-order chi connectivity index (χ1) is 16.5. The third kappa shape index (κ3) is 3.98. The minimum Gasteiger partial charge on any atom is -0.350 e. The van der Waals surface area contributed by atoms with Gasteiger partial charge in [-0.15, -0.1) is 0 Å². The third-order valence-electron chi connectivity index (χ3n) is 6.87. The predicted octanol–water partition coefficient (Wildman–Crippen LogP) is 4.72. The van der Waals surface area contributed by atoms with Gasteiger partial charge in [-0.2, -0.15) is 0 Å². The maximum absolute atomic E-state index is 13.8. The molecule has 5 rings (SSSR count). The lowest BCUT2D eigenvalue weighted by Crippen LogP contribution is -2.64. The molecule has 1 aliphatic rings. The molecule has 0 saturated heterocycles. The van der Waals surface area contributed by atoms with Crippen molar-refractivity contribution in [3.05, 3.63) is 107 Å². The van der Waals surface area contributed by atoms with E-state index in [1.807, 2.05) is 72.2 Å². The van der Waals surface area contributed by atoms with Gasteiger partial charge in [-0.3, -0.25) is 9.59 Å². The number of carbonyl (C=O) groups is 2. The van der Waals surface area contributed by atoms with Crippen LogP contribution in [-0.4, -0.2) is 33.4 Å². The lowest BCUT2D eigenvalue weighted by molar-refractivity contribution is -0.133. The van der Waals surface area contributed by atoms with Crippen LogP contribution in [0.25, 0.3) is 10.9 Å². The van der Waals surface area contributed by atoms with E-state index in [0.29, 0.717) is 31.7 Å². The van der Waals surface area contributed by atoms with Gasteiger partial charge in [-0.25, -0.2) is 0 Å². The summed E-state index contributed by atoms with van der Waals surface area (Å²) in [4.78, 5) is 29.2. The van der Waals surface area contributed by atoms with Gasteiger partial charge in [0, 0.05) is 24.0 Å². The maximum atomic E-state index is 13.8. The Balaban J connectivity index is 1.47. The molecule has 0 spiro atoms. The average Bonchev–Trinajstić information content (AvgIpc) is 3.22. The van der Waals surface area contributed by atoms with Gasteiger partial charge in [-0.05, 0) is 43.5 Å². The number of carbonyl (C=O) groups excluding carboxylic acids is 2. The lowest BCUT2D eigenvalue weighted by atomic mass is 9.93. The molecule has 1 unspecified atom stereocenters. The van der Waals surface area contributed by atoms with Crippen LogP contribution in [-0.2, 0) is 24.3 Å². The Kier molecular flexibility index (Phi) is 5.70. The minimum absolute atomic E-state index is 0.105. The number of aryl methyl sites for hydroxylation is 1. The molecular weight excluding hydrogens is 422 g/mol. The van der Waals surface area contributed by atoms with Gasteiger partial charge in [0.1, 0.15) is 11.2 Å². The summed E-state index contributed by atoms with van der Waals surface area (Å²) in [5.41, 5.74) is 3.99. The summed E-state index contributed by atoms with van der Waals surface area (Å²) in [5.74, 6) is -0.246. The smallest absolute Gasteiger partial charge is 0.271 e. The Morgan fingerprint density at radius 2 is 1.65 bits per heavy atom. The molecule has 1 aromatic heterocycles. The highest BCUT2D eigenvalue weighted by molar-refractivity contribution is 6.03. The number of nitrogens with one attached hydrogen (secondary N) is 1. The monoisotopic (exact) mass is 451 g/mol. The van der Waals surface area contributed by atoms with E-state index in [1.165, 1.54) is 5.56 Å². The van der Waals surface area contributed by atoms with Crippen LogP contribution in [0.15, 0.2) is 84.9 Å². The molecular formula is C29H29N3O2. The Morgan fingerprint density at radius 1 is 0.941 bits per heavy atom. The number of hydrogen-bond donors (Lipinski definition) is 1. The van der Waals surface area contributed by atoms with Gasteiger partial charge in [0.05, 0.1) is 6.54 Å². The fourth-order valence-electron chi connectivity index (χ4n) is 4.82. The van der Waals surface area contributed by atoms with E-state index in [-0.39, 0.29) is 11.8 Å². The van der Waals surface area contributed by atoms with Crippen molar-refractivity contribution in [1.29, 1.82) is 0 Å². The maximum Gasteiger partial charge on any atom is 0.271 e. The van der Waals surface area contributed by atoms with E-state index in [9.17, 15) is 9.59 Å². The largest absolute Gasteiger partial charge is 0.350 e. The predicted molar refractivity (Wildman–Crippen MR) is 135 cm³/mol. The number of nitrogens with zero attached hydrogens (tertiary/aromatic N) is 2. The molecule has 1 atom stereocenters. The highest BCUT2D eigenvalue weighted by atomic mass is 16.2. The molecule has 0 saturated carbocycles. The SMILES string of the molecule is Cc1ccc(CCN2C(=O)c3cc4ccccc4n3CC2(C)C(=O)NCc2ccccc2)cc1. The fourth-order valence-corrected chi connectivity index (χ4v) is 4.82. The summed E-state index contributed by atoms with van der Waals surface area (Å²) in [6.07, 6.45) is 0.688. The molecule has 3 aromatic carbocycles. The van der Waals surface area contributed by atoms with Crippen LogP contribution in [0.5, 0.6) is 0 Å². The average molecular weight is 452 g/mol. The zero-order valence-corrected chi connectivity index (χ0v) is 19.6. The second kappa shape index (κ2) is 8.82. The molecule has 5 heteroatoms. The standard InChI is InChI=1S/C29H29N3O2/c1-21-12-14-22(15-13-21)16-17-32-27(33)26-18-24-10-6-7-11-25(24)31(26)20-29(32,2)28(34)30-19-23-8-4-3-5-9-23/h3-15,18H,16-17,19-20H2,1-2H3,(H,30,34). The second-order valence-electron chi connectivity index (χ2n) is 9.31. The first kappa shape index (κ1) is 22.0. The van der Waals surface area contributed by atoms with Crippen molar-refractivity contribution in [2.24, 2.45) is 0 Å². The molecule has 172 valence electrons. The third-order valence-corrected chi connectivity index (χ3v) is 6.87. The molecule has 2 heterocycles. The summed E-state index contributed by atoms with van der Waals surface area (Å²) in [6, 6.07) is 28.1. The van der Waals surface area contributed by atoms with E-state index in [4.69, 9.17) is 0 Å². The van der Waals surface area contributed by atoms with Crippen molar-refractivity contribution >= 4 is 22.7 Å². The Morgan fingerprint density at radius 3 is 2.41 bits per heavy atom. The van der Waals surface area contributed by atoms with Crippen molar-refractivity contribution in [1.82, 2.24) is 14.8 Å². The van der Waals surface area contributed by atoms with E-state index < -0.39 is 5.54 Å². The Bertz CT molecular complexity index is 1340. The zero-order chi connectivity index (χ0) is 23.7. The van der Waals surface area contributed by atoms with Crippen molar-refractivity contribution in [2.45, 2.75) is 38.9 Å². The van der Waals surface area contributed by atoms with Crippen molar-refractivity contribution < 1.29 is 9.59 Å². The first-order valence-corrected chi connectivity index (χ1v) is 11.7. The van der Waals surface area contributed by atoms with Gasteiger partial charge in [0.15, 0.2) is 0 Å². The van der Waals surface area contributed by atoms with E-state index in [1.54, 1.807) is 4.90 Å². The number of amides is 2. The summed E-state index contributed by atoms with van der Waals surface area (Å²) in [7, 11) is 0. The van der Waals surface area contributed by atoms with Crippen LogP contribution in [0, 0.1) is 6.92 Å². The highest BCUT2D eigenvalue weighted by Crippen LogP contribution is 2.32. The molecule has 5 nitrogen and oxygen atoms in total. The Hall–Kier alpha value is -3.86. The number of hydrogen-bond acceptors (Lipinski definition) is 2. The summed E-state index contributed by atoms with van der Waals surface area (Å²) < 4.78 is 2.00. The highest BCUT2D eigenvalue weighted by Gasteiger charge is 2.47. The van der Waals surface area contributed by atoms with Gasteiger partial charge in [0.2, 0.25) is 5.91 Å². The number of aromatic nitrogens is 1. The molecule has 0 radical (unpaired) electrons. The van der Waals surface area contributed by atoms with Crippen molar-refractivity contribution in [3.8, 4) is 0 Å². The molecule has 4 aromatic rings.